The third kappa shape index (κ3) is 6.55. The molecule has 6 nitrogen and oxygen atoms in total. The van der Waals surface area contributed by atoms with E-state index >= 15 is 0 Å². The first kappa shape index (κ1) is 27.4. The molecule has 1 aliphatic carbocycles. The van der Waals surface area contributed by atoms with Gasteiger partial charge in [-0.05, 0) is 62.3 Å². The first-order chi connectivity index (χ1) is 18.8. The second-order valence-electron chi connectivity index (χ2n) is 10.9. The van der Waals surface area contributed by atoms with Crippen molar-refractivity contribution in [2.24, 2.45) is 5.92 Å². The molecule has 0 radical (unpaired) electrons. The molecular formula is C32H35NO5S. The molecule has 0 spiro atoms. The Morgan fingerprint density at radius 1 is 0.897 bits per heavy atom. The van der Waals surface area contributed by atoms with Crippen LogP contribution in [0.25, 0.3) is 0 Å². The van der Waals surface area contributed by atoms with Gasteiger partial charge < -0.3 is 9.64 Å². The van der Waals surface area contributed by atoms with Crippen LogP contribution in [0.1, 0.15) is 44.2 Å². The lowest BCUT2D eigenvalue weighted by Crippen LogP contribution is -2.59. The van der Waals surface area contributed by atoms with Gasteiger partial charge >= 0.3 is 11.9 Å². The monoisotopic (exact) mass is 545 g/mol. The second kappa shape index (κ2) is 11.9. The van der Waals surface area contributed by atoms with Crippen molar-refractivity contribution in [3.8, 4) is 0 Å². The van der Waals surface area contributed by atoms with E-state index in [4.69, 9.17) is 14.5 Å². The molecule has 204 valence electrons. The lowest BCUT2D eigenvalue weighted by molar-refractivity contribution is -0.441. The Morgan fingerprint density at radius 3 is 2.05 bits per heavy atom. The summed E-state index contributed by atoms with van der Waals surface area (Å²) in [5.74, 6) is -0.494. The number of rotatable bonds is 8. The molecule has 0 aromatic heterocycles. The molecule has 1 saturated heterocycles. The molecular weight excluding hydrogens is 510 g/mol. The maximum atomic E-state index is 13.4. The number of esters is 1. The molecule has 2 bridgehead atoms. The lowest BCUT2D eigenvalue weighted by atomic mass is 9.71. The summed E-state index contributed by atoms with van der Waals surface area (Å²) < 4.78 is 5.94. The smallest absolute Gasteiger partial charge is 0.397 e. The second-order valence-corrected chi connectivity index (χ2v) is 11.9. The van der Waals surface area contributed by atoms with E-state index in [9.17, 15) is 9.59 Å². The zero-order chi connectivity index (χ0) is 27.3. The molecule has 0 N–H and O–H groups in total. The predicted octanol–water partition coefficient (Wildman–Crippen LogP) is 6.20. The van der Waals surface area contributed by atoms with Crippen LogP contribution in [0.5, 0.6) is 0 Å². The molecule has 1 amide bonds. The predicted molar refractivity (Wildman–Crippen MR) is 151 cm³/mol. The van der Waals surface area contributed by atoms with E-state index in [-0.39, 0.29) is 5.92 Å². The van der Waals surface area contributed by atoms with E-state index < -0.39 is 29.2 Å². The SMILES string of the molecule is C[C@]1(CSc2ccccc2)OO[C@@H]2C[C@H]1CC[C@@]2(C)OC(=O)C(=O)N(Cc1ccccc1)Cc1ccccc1. The van der Waals surface area contributed by atoms with Crippen LogP contribution < -0.4 is 0 Å². The normalized spacial score (nSPS) is 26.0. The van der Waals surface area contributed by atoms with Crippen molar-refractivity contribution < 1.29 is 24.1 Å². The third-order valence-corrected chi connectivity index (χ3v) is 9.20. The number of ether oxygens (including phenoxy) is 1. The van der Waals surface area contributed by atoms with Crippen molar-refractivity contribution in [3.05, 3.63) is 102 Å². The van der Waals surface area contributed by atoms with Gasteiger partial charge in [0.1, 0.15) is 17.3 Å². The summed E-state index contributed by atoms with van der Waals surface area (Å²) in [6, 6.07) is 29.6. The van der Waals surface area contributed by atoms with E-state index in [1.807, 2.05) is 85.8 Å². The highest BCUT2D eigenvalue weighted by molar-refractivity contribution is 7.99. The number of benzene rings is 3. The molecule has 2 aliphatic rings. The Labute approximate surface area is 234 Å². The summed E-state index contributed by atoms with van der Waals surface area (Å²) in [6.07, 6.45) is 1.70. The fourth-order valence-corrected chi connectivity index (χ4v) is 6.46. The van der Waals surface area contributed by atoms with Crippen molar-refractivity contribution in [1.82, 2.24) is 4.90 Å². The van der Waals surface area contributed by atoms with Crippen molar-refractivity contribution in [1.29, 1.82) is 0 Å². The van der Waals surface area contributed by atoms with Gasteiger partial charge in [0.05, 0.1) is 0 Å². The molecule has 5 rings (SSSR count). The maximum absolute atomic E-state index is 13.4. The van der Waals surface area contributed by atoms with Gasteiger partial charge in [-0.25, -0.2) is 14.6 Å². The zero-order valence-corrected chi connectivity index (χ0v) is 23.3. The number of carbonyl (C=O) groups is 2. The van der Waals surface area contributed by atoms with Crippen LogP contribution >= 0.6 is 11.8 Å². The molecule has 3 aromatic carbocycles. The summed E-state index contributed by atoms with van der Waals surface area (Å²) in [5, 5.41) is 0. The minimum atomic E-state index is -0.942. The average molecular weight is 546 g/mol. The van der Waals surface area contributed by atoms with Crippen molar-refractivity contribution in [3.63, 3.8) is 0 Å². The highest BCUT2D eigenvalue weighted by atomic mass is 32.2. The van der Waals surface area contributed by atoms with Crippen LogP contribution in [0, 0.1) is 5.92 Å². The van der Waals surface area contributed by atoms with Crippen LogP contribution in [-0.2, 0) is 37.2 Å². The molecule has 3 aromatic rings. The summed E-state index contributed by atoms with van der Waals surface area (Å²) in [5.41, 5.74) is 0.499. The standard InChI is InChI=1S/C32H35NO5S/c1-31(19-18-26-20-28(31)37-38-32(26,2)23-39-27-16-10-5-11-17-27)36-30(35)29(34)33(21-24-12-6-3-7-13-24)22-25-14-8-4-9-15-25/h3-17,26,28H,18-23H2,1-2H3/t26-,28-,31-,32-/m1/s1. The average Bonchev–Trinajstić information content (AvgIpc) is 2.96. The topological polar surface area (TPSA) is 65.1 Å². The largest absolute Gasteiger partial charge is 0.449 e. The number of amides is 1. The molecule has 1 heterocycles. The Balaban J connectivity index is 1.23. The number of carbonyl (C=O) groups excluding carboxylic acids is 2. The van der Waals surface area contributed by atoms with E-state index in [2.05, 4.69) is 19.1 Å². The third-order valence-electron chi connectivity index (χ3n) is 7.88. The molecule has 1 aliphatic heterocycles. The number of nitrogens with zero attached hydrogens (tertiary/aromatic N) is 1. The molecule has 39 heavy (non-hydrogen) atoms. The van der Waals surface area contributed by atoms with Crippen LogP contribution in [0.4, 0.5) is 0 Å². The van der Waals surface area contributed by atoms with Crippen LogP contribution in [0.15, 0.2) is 95.9 Å². The van der Waals surface area contributed by atoms with E-state index in [1.165, 1.54) is 9.80 Å². The van der Waals surface area contributed by atoms with Crippen LogP contribution in [0.3, 0.4) is 0 Å². The molecule has 4 atom stereocenters. The quantitative estimate of drug-likeness (QED) is 0.145. The number of hydrogen-bond acceptors (Lipinski definition) is 6. The Bertz CT molecular complexity index is 1220. The number of thioether (sulfide) groups is 1. The van der Waals surface area contributed by atoms with Crippen LogP contribution in [-0.4, -0.2) is 39.8 Å². The van der Waals surface area contributed by atoms with Gasteiger partial charge in [0.2, 0.25) is 0 Å². The Kier molecular flexibility index (Phi) is 8.40. The van der Waals surface area contributed by atoms with Gasteiger partial charge in [-0.3, -0.25) is 4.79 Å². The highest BCUT2D eigenvalue weighted by Crippen LogP contribution is 2.48. The van der Waals surface area contributed by atoms with E-state index in [1.54, 1.807) is 11.8 Å². The first-order valence-corrected chi connectivity index (χ1v) is 14.5. The van der Waals surface area contributed by atoms with Gasteiger partial charge in [0.25, 0.3) is 0 Å². The Hall–Kier alpha value is -3.13. The lowest BCUT2D eigenvalue weighted by Gasteiger charge is -2.51. The first-order valence-electron chi connectivity index (χ1n) is 13.5. The zero-order valence-electron chi connectivity index (χ0n) is 22.5. The molecule has 7 heteroatoms. The molecule has 0 unspecified atom stereocenters. The molecule has 2 fully saturated rings. The van der Waals surface area contributed by atoms with E-state index in [0.29, 0.717) is 25.9 Å². The number of fused-ring (bicyclic) bond motifs is 2. The Morgan fingerprint density at radius 2 is 1.46 bits per heavy atom. The number of hydrogen-bond donors (Lipinski definition) is 0. The summed E-state index contributed by atoms with van der Waals surface area (Å²) in [4.78, 5) is 41.3. The van der Waals surface area contributed by atoms with Crippen molar-refractivity contribution >= 4 is 23.6 Å². The molecule has 1 saturated carbocycles. The summed E-state index contributed by atoms with van der Waals surface area (Å²) >= 11 is 1.75. The fraction of sp³-hybridized carbons (Fsp3) is 0.375. The van der Waals surface area contributed by atoms with E-state index in [0.717, 1.165) is 23.3 Å². The van der Waals surface area contributed by atoms with Gasteiger partial charge in [0, 0.05) is 23.7 Å². The highest BCUT2D eigenvalue weighted by Gasteiger charge is 2.54. The van der Waals surface area contributed by atoms with Gasteiger partial charge in [0.15, 0.2) is 0 Å². The maximum Gasteiger partial charge on any atom is 0.397 e. The minimum absolute atomic E-state index is 0.266. The van der Waals surface area contributed by atoms with Crippen LogP contribution in [0.2, 0.25) is 0 Å². The van der Waals surface area contributed by atoms with Gasteiger partial charge in [-0.15, -0.1) is 11.8 Å². The van der Waals surface area contributed by atoms with Crippen molar-refractivity contribution in [2.45, 2.75) is 68.4 Å². The van der Waals surface area contributed by atoms with Crippen molar-refractivity contribution in [2.75, 3.05) is 5.75 Å². The van der Waals surface area contributed by atoms with Gasteiger partial charge in [-0.1, -0.05) is 78.9 Å². The fourth-order valence-electron chi connectivity index (χ4n) is 5.37. The summed E-state index contributed by atoms with van der Waals surface area (Å²) in [6.45, 7) is 4.56. The summed E-state index contributed by atoms with van der Waals surface area (Å²) in [7, 11) is 0. The minimum Gasteiger partial charge on any atom is -0.449 e. The van der Waals surface area contributed by atoms with Gasteiger partial charge in [-0.2, -0.15) is 0 Å².